The topological polar surface area (TPSA) is 93.8 Å². The number of nitro benzene ring substituents is 1. The molecule has 1 N–H and O–H groups in total. The molecule has 29 heavy (non-hydrogen) atoms. The fourth-order valence-corrected chi connectivity index (χ4v) is 2.76. The molecule has 3 aromatic rings. The van der Waals surface area contributed by atoms with Crippen molar-refractivity contribution in [3.8, 4) is 11.5 Å². The highest BCUT2D eigenvalue weighted by molar-refractivity contribution is 6.33. The highest BCUT2D eigenvalue weighted by Gasteiger charge is 2.17. The number of ether oxygens (including phenoxy) is 1. The molecule has 0 aliphatic rings. The minimum atomic E-state index is -0.578. The summed E-state index contributed by atoms with van der Waals surface area (Å²) in [6, 6.07) is 17.4. The first-order valence-electron chi connectivity index (χ1n) is 8.24. The molecule has 0 heterocycles. The molecule has 3 aromatic carbocycles. The van der Waals surface area contributed by atoms with Crippen molar-refractivity contribution in [2.24, 2.45) is 5.10 Å². The summed E-state index contributed by atoms with van der Waals surface area (Å²) in [4.78, 5) is 22.9. The number of hydrazone groups is 1. The molecule has 9 heteroatoms. The minimum absolute atomic E-state index is 0.0281. The second kappa shape index (κ2) is 9.18. The van der Waals surface area contributed by atoms with Crippen molar-refractivity contribution in [1.82, 2.24) is 5.43 Å². The average molecular weight is 430 g/mol. The molecule has 0 saturated carbocycles. The van der Waals surface area contributed by atoms with Crippen LogP contribution < -0.4 is 10.2 Å². The van der Waals surface area contributed by atoms with Crippen molar-refractivity contribution >= 4 is 41.0 Å². The monoisotopic (exact) mass is 429 g/mol. The first kappa shape index (κ1) is 20.3. The van der Waals surface area contributed by atoms with Gasteiger partial charge in [-0.3, -0.25) is 14.9 Å². The van der Waals surface area contributed by atoms with Crippen LogP contribution in [0.1, 0.15) is 15.9 Å². The third-order valence-corrected chi connectivity index (χ3v) is 4.38. The lowest BCUT2D eigenvalue weighted by molar-refractivity contribution is -0.385. The first-order chi connectivity index (χ1) is 14.0. The van der Waals surface area contributed by atoms with E-state index in [0.29, 0.717) is 16.3 Å². The molecule has 0 aromatic heterocycles. The van der Waals surface area contributed by atoms with Gasteiger partial charge in [0.05, 0.1) is 26.7 Å². The van der Waals surface area contributed by atoms with E-state index < -0.39 is 10.8 Å². The Bertz CT molecular complexity index is 1100. The van der Waals surface area contributed by atoms with E-state index in [2.05, 4.69) is 10.5 Å². The predicted molar refractivity (Wildman–Crippen MR) is 111 cm³/mol. The molecule has 146 valence electrons. The number of nitrogens with one attached hydrogen (secondary N) is 1. The molecule has 0 spiro atoms. The summed E-state index contributed by atoms with van der Waals surface area (Å²) in [5.74, 6) is -0.175. The zero-order chi connectivity index (χ0) is 20.8. The van der Waals surface area contributed by atoms with Crippen LogP contribution in [0.4, 0.5) is 5.69 Å². The Morgan fingerprint density at radius 3 is 2.38 bits per heavy atom. The Morgan fingerprint density at radius 2 is 1.69 bits per heavy atom. The van der Waals surface area contributed by atoms with E-state index in [0.717, 1.165) is 0 Å². The molecule has 0 unspecified atom stereocenters. The molecule has 1 amide bonds. The fraction of sp³-hybridized carbons (Fsp3) is 0. The standard InChI is InChI=1S/C20H13Cl2N3O4/c21-15-6-2-1-5-14(15)20(26)24-23-12-13-9-10-19(17(11-13)25(27)28)29-18-8-4-3-7-16(18)22/h1-12H,(H,24,26)/b23-12+. The van der Waals surface area contributed by atoms with Crippen LogP contribution in [0.25, 0.3) is 0 Å². The summed E-state index contributed by atoms with van der Waals surface area (Å²) >= 11 is 12.0. The zero-order valence-electron chi connectivity index (χ0n) is 14.7. The molecule has 0 aliphatic heterocycles. The molecule has 0 fully saturated rings. The van der Waals surface area contributed by atoms with Gasteiger partial charge in [0.2, 0.25) is 5.75 Å². The quantitative estimate of drug-likeness (QED) is 0.319. The third kappa shape index (κ3) is 5.10. The van der Waals surface area contributed by atoms with Crippen molar-refractivity contribution in [3.05, 3.63) is 98.0 Å². The fourth-order valence-electron chi connectivity index (χ4n) is 2.36. The van der Waals surface area contributed by atoms with Crippen LogP contribution in [0.15, 0.2) is 71.8 Å². The van der Waals surface area contributed by atoms with Gasteiger partial charge in [-0.2, -0.15) is 5.10 Å². The van der Waals surface area contributed by atoms with Crippen LogP contribution in [-0.2, 0) is 0 Å². The van der Waals surface area contributed by atoms with Crippen molar-refractivity contribution in [3.63, 3.8) is 0 Å². The van der Waals surface area contributed by atoms with Crippen LogP contribution >= 0.6 is 23.2 Å². The molecule has 0 saturated heterocycles. The van der Waals surface area contributed by atoms with Gasteiger partial charge in [0, 0.05) is 11.6 Å². The molecule has 0 aliphatic carbocycles. The number of benzene rings is 3. The summed E-state index contributed by atoms with van der Waals surface area (Å²) in [6.07, 6.45) is 1.28. The van der Waals surface area contributed by atoms with Crippen LogP contribution in [-0.4, -0.2) is 17.0 Å². The van der Waals surface area contributed by atoms with Gasteiger partial charge in [-0.1, -0.05) is 47.5 Å². The summed E-state index contributed by atoms with van der Waals surface area (Å²) in [7, 11) is 0. The van der Waals surface area contributed by atoms with Gasteiger partial charge in [0.25, 0.3) is 5.91 Å². The summed E-state index contributed by atoms with van der Waals surface area (Å²) in [5, 5.41) is 15.9. The highest BCUT2D eigenvalue weighted by Crippen LogP contribution is 2.35. The number of para-hydroxylation sites is 1. The van der Waals surface area contributed by atoms with Gasteiger partial charge < -0.3 is 4.74 Å². The number of halogens is 2. The second-order valence-electron chi connectivity index (χ2n) is 5.70. The van der Waals surface area contributed by atoms with Gasteiger partial charge >= 0.3 is 5.69 Å². The third-order valence-electron chi connectivity index (χ3n) is 3.73. The summed E-state index contributed by atoms with van der Waals surface area (Å²) in [6.45, 7) is 0. The number of hydrogen-bond acceptors (Lipinski definition) is 5. The Labute approximate surface area is 175 Å². The Hall–Kier alpha value is -3.42. The number of hydrogen-bond donors (Lipinski definition) is 1. The molecule has 7 nitrogen and oxygen atoms in total. The first-order valence-corrected chi connectivity index (χ1v) is 9.00. The van der Waals surface area contributed by atoms with E-state index in [1.165, 1.54) is 18.3 Å². The average Bonchev–Trinajstić information content (AvgIpc) is 2.70. The Balaban J connectivity index is 1.77. The van der Waals surface area contributed by atoms with Crippen LogP contribution in [0, 0.1) is 10.1 Å². The van der Waals surface area contributed by atoms with Crippen LogP contribution in [0.3, 0.4) is 0 Å². The molecular formula is C20H13Cl2N3O4. The Morgan fingerprint density at radius 1 is 1.00 bits per heavy atom. The maximum Gasteiger partial charge on any atom is 0.312 e. The van der Waals surface area contributed by atoms with Gasteiger partial charge in [0.15, 0.2) is 0 Å². The van der Waals surface area contributed by atoms with Gasteiger partial charge in [0.1, 0.15) is 5.75 Å². The van der Waals surface area contributed by atoms with E-state index >= 15 is 0 Å². The number of nitro groups is 1. The maximum atomic E-state index is 12.1. The van der Waals surface area contributed by atoms with E-state index in [9.17, 15) is 14.9 Å². The van der Waals surface area contributed by atoms with Gasteiger partial charge in [-0.25, -0.2) is 5.43 Å². The number of carbonyl (C=O) groups is 1. The minimum Gasteiger partial charge on any atom is -0.449 e. The highest BCUT2D eigenvalue weighted by atomic mass is 35.5. The lowest BCUT2D eigenvalue weighted by atomic mass is 10.2. The number of amides is 1. The second-order valence-corrected chi connectivity index (χ2v) is 6.51. The van der Waals surface area contributed by atoms with Crippen molar-refractivity contribution < 1.29 is 14.5 Å². The van der Waals surface area contributed by atoms with Crippen LogP contribution in [0.5, 0.6) is 11.5 Å². The lowest BCUT2D eigenvalue weighted by Crippen LogP contribution is -2.17. The van der Waals surface area contributed by atoms with Crippen LogP contribution in [0.2, 0.25) is 10.0 Å². The zero-order valence-corrected chi connectivity index (χ0v) is 16.2. The number of rotatable bonds is 6. The normalized spacial score (nSPS) is 10.7. The van der Waals surface area contributed by atoms with Crippen molar-refractivity contribution in [2.75, 3.05) is 0 Å². The molecule has 3 rings (SSSR count). The summed E-state index contributed by atoms with van der Waals surface area (Å²) in [5.41, 5.74) is 2.71. The smallest absolute Gasteiger partial charge is 0.312 e. The molecule has 0 radical (unpaired) electrons. The van der Waals surface area contributed by atoms with E-state index in [1.807, 2.05) is 0 Å². The lowest BCUT2D eigenvalue weighted by Gasteiger charge is -2.08. The van der Waals surface area contributed by atoms with E-state index in [1.54, 1.807) is 54.6 Å². The molecular weight excluding hydrogens is 417 g/mol. The van der Waals surface area contributed by atoms with Crippen molar-refractivity contribution in [2.45, 2.75) is 0 Å². The van der Waals surface area contributed by atoms with E-state index in [-0.39, 0.29) is 22.0 Å². The predicted octanol–water partition coefficient (Wildman–Crippen LogP) is 5.46. The maximum absolute atomic E-state index is 12.1. The SMILES string of the molecule is O=C(N/N=C/c1ccc(Oc2ccccc2Cl)c([N+](=O)[O-])c1)c1ccccc1Cl. The summed E-state index contributed by atoms with van der Waals surface area (Å²) < 4.78 is 5.57. The Kier molecular flexibility index (Phi) is 6.43. The largest absolute Gasteiger partial charge is 0.449 e. The van der Waals surface area contributed by atoms with E-state index in [4.69, 9.17) is 27.9 Å². The van der Waals surface area contributed by atoms with Gasteiger partial charge in [-0.05, 0) is 36.4 Å². The van der Waals surface area contributed by atoms with Gasteiger partial charge in [-0.15, -0.1) is 0 Å². The number of nitrogens with zero attached hydrogens (tertiary/aromatic N) is 2. The van der Waals surface area contributed by atoms with Crippen molar-refractivity contribution in [1.29, 1.82) is 0 Å². The molecule has 0 bridgehead atoms. The molecule has 0 atom stereocenters. The number of carbonyl (C=O) groups excluding carboxylic acids is 1.